The largest absolute Gasteiger partial charge is 0.397 e. The zero-order chi connectivity index (χ0) is 7.84. The van der Waals surface area contributed by atoms with Gasteiger partial charge in [-0.15, -0.1) is 0 Å². The summed E-state index contributed by atoms with van der Waals surface area (Å²) in [5, 5.41) is 1.61. The summed E-state index contributed by atoms with van der Waals surface area (Å²) in [6.45, 7) is 0. The van der Waals surface area contributed by atoms with E-state index in [9.17, 15) is 0 Å². The molecule has 0 amide bonds. The lowest BCUT2D eigenvalue weighted by atomic mass is 10.2. The maximum atomic E-state index is 5.90. The molecule has 1 aromatic carbocycles. The second-order valence-electron chi connectivity index (χ2n) is 2.41. The van der Waals surface area contributed by atoms with E-state index in [4.69, 9.17) is 17.3 Å². The Hall–Kier alpha value is -1.15. The Kier molecular flexibility index (Phi) is 1.29. The average molecular weight is 167 g/mol. The van der Waals surface area contributed by atoms with Crippen LogP contribution in [-0.2, 0) is 0 Å². The molecule has 0 aliphatic heterocycles. The van der Waals surface area contributed by atoms with E-state index in [-0.39, 0.29) is 0 Å². The molecule has 56 valence electrons. The lowest BCUT2D eigenvalue weighted by Crippen LogP contribution is -1.80. The molecule has 2 rings (SSSR count). The number of rotatable bonds is 0. The van der Waals surface area contributed by atoms with Crippen LogP contribution in [0.5, 0.6) is 0 Å². The van der Waals surface area contributed by atoms with Crippen molar-refractivity contribution in [2.24, 2.45) is 0 Å². The van der Waals surface area contributed by atoms with Crippen LogP contribution in [0.2, 0.25) is 5.02 Å². The lowest BCUT2D eigenvalue weighted by molar-refractivity contribution is 1.48. The number of benzene rings is 1. The highest BCUT2D eigenvalue weighted by molar-refractivity contribution is 6.36. The van der Waals surface area contributed by atoms with Crippen LogP contribution in [0, 0.1) is 0 Å². The number of H-pyrrole nitrogens is 1. The van der Waals surface area contributed by atoms with Crippen molar-refractivity contribution in [1.29, 1.82) is 0 Å². The summed E-state index contributed by atoms with van der Waals surface area (Å²) in [5.74, 6) is 0. The van der Waals surface area contributed by atoms with E-state index in [0.29, 0.717) is 10.7 Å². The Bertz CT molecular complexity index is 392. The molecule has 0 spiro atoms. The first-order chi connectivity index (χ1) is 5.29. The minimum Gasteiger partial charge on any atom is -0.397 e. The Morgan fingerprint density at radius 2 is 2.18 bits per heavy atom. The Balaban J connectivity index is 2.96. The second kappa shape index (κ2) is 2.17. The SMILES string of the molecule is Nc1c[nH]c2cccc(Cl)c12. The molecule has 1 aromatic heterocycles. The summed E-state index contributed by atoms with van der Waals surface area (Å²) in [5.41, 5.74) is 7.34. The van der Waals surface area contributed by atoms with Gasteiger partial charge in [0.15, 0.2) is 0 Å². The minimum absolute atomic E-state index is 0.696. The number of anilines is 1. The van der Waals surface area contributed by atoms with Crippen LogP contribution in [0.3, 0.4) is 0 Å². The number of halogens is 1. The van der Waals surface area contributed by atoms with Gasteiger partial charge in [0.25, 0.3) is 0 Å². The van der Waals surface area contributed by atoms with Crippen molar-refractivity contribution in [1.82, 2.24) is 4.98 Å². The van der Waals surface area contributed by atoms with Gasteiger partial charge in [-0.2, -0.15) is 0 Å². The fourth-order valence-electron chi connectivity index (χ4n) is 1.17. The number of fused-ring (bicyclic) bond motifs is 1. The van der Waals surface area contributed by atoms with Gasteiger partial charge in [0, 0.05) is 17.1 Å². The molecule has 0 bridgehead atoms. The number of hydrogen-bond donors (Lipinski definition) is 2. The Morgan fingerprint density at radius 3 is 2.91 bits per heavy atom. The van der Waals surface area contributed by atoms with Crippen LogP contribution in [0.15, 0.2) is 24.4 Å². The molecular weight excluding hydrogens is 160 g/mol. The van der Waals surface area contributed by atoms with Crippen molar-refractivity contribution in [3.8, 4) is 0 Å². The van der Waals surface area contributed by atoms with Crippen molar-refractivity contribution in [3.05, 3.63) is 29.4 Å². The average Bonchev–Trinajstić information content (AvgIpc) is 2.34. The van der Waals surface area contributed by atoms with E-state index >= 15 is 0 Å². The molecule has 2 aromatic rings. The number of hydrogen-bond acceptors (Lipinski definition) is 1. The monoisotopic (exact) mass is 166 g/mol. The van der Waals surface area contributed by atoms with Gasteiger partial charge in [0.1, 0.15) is 0 Å². The lowest BCUT2D eigenvalue weighted by Gasteiger charge is -1.93. The van der Waals surface area contributed by atoms with Gasteiger partial charge in [-0.05, 0) is 12.1 Å². The molecule has 0 saturated heterocycles. The maximum absolute atomic E-state index is 5.90. The predicted molar refractivity (Wildman–Crippen MR) is 47.7 cm³/mol. The van der Waals surface area contributed by atoms with E-state index in [1.54, 1.807) is 6.20 Å². The number of nitrogen functional groups attached to an aromatic ring is 1. The number of nitrogens with two attached hydrogens (primary N) is 1. The molecule has 0 aliphatic rings. The zero-order valence-corrected chi connectivity index (χ0v) is 6.52. The summed E-state index contributed by atoms with van der Waals surface area (Å²) >= 11 is 5.90. The third-order valence-corrected chi connectivity index (χ3v) is 2.00. The molecule has 2 nitrogen and oxygen atoms in total. The van der Waals surface area contributed by atoms with E-state index < -0.39 is 0 Å². The summed E-state index contributed by atoms with van der Waals surface area (Å²) in [6.07, 6.45) is 1.75. The van der Waals surface area contributed by atoms with Crippen LogP contribution in [0.25, 0.3) is 10.9 Å². The van der Waals surface area contributed by atoms with E-state index in [2.05, 4.69) is 4.98 Å². The van der Waals surface area contributed by atoms with Crippen molar-refractivity contribution in [3.63, 3.8) is 0 Å². The molecule has 0 aliphatic carbocycles. The molecule has 11 heavy (non-hydrogen) atoms. The topological polar surface area (TPSA) is 41.8 Å². The van der Waals surface area contributed by atoms with Crippen LogP contribution in [0.4, 0.5) is 5.69 Å². The quantitative estimate of drug-likeness (QED) is 0.620. The molecule has 0 atom stereocenters. The smallest absolute Gasteiger partial charge is 0.0586 e. The zero-order valence-electron chi connectivity index (χ0n) is 5.76. The third-order valence-electron chi connectivity index (χ3n) is 1.69. The number of nitrogens with one attached hydrogen (secondary N) is 1. The highest BCUT2D eigenvalue weighted by Crippen LogP contribution is 2.27. The molecule has 3 heteroatoms. The van der Waals surface area contributed by atoms with Crippen LogP contribution < -0.4 is 5.73 Å². The van der Waals surface area contributed by atoms with Gasteiger partial charge in [-0.3, -0.25) is 0 Å². The van der Waals surface area contributed by atoms with Crippen molar-refractivity contribution < 1.29 is 0 Å². The molecule has 3 N–H and O–H groups in total. The van der Waals surface area contributed by atoms with Gasteiger partial charge < -0.3 is 10.7 Å². The van der Waals surface area contributed by atoms with Gasteiger partial charge in [-0.1, -0.05) is 17.7 Å². The van der Waals surface area contributed by atoms with E-state index in [1.807, 2.05) is 18.2 Å². The fraction of sp³-hybridized carbons (Fsp3) is 0. The van der Waals surface area contributed by atoms with Crippen LogP contribution in [0.1, 0.15) is 0 Å². The van der Waals surface area contributed by atoms with Crippen molar-refractivity contribution in [2.45, 2.75) is 0 Å². The van der Waals surface area contributed by atoms with Gasteiger partial charge in [0.05, 0.1) is 10.7 Å². The summed E-state index contributed by atoms with van der Waals surface area (Å²) in [4.78, 5) is 3.02. The van der Waals surface area contributed by atoms with Crippen molar-refractivity contribution in [2.75, 3.05) is 5.73 Å². The summed E-state index contributed by atoms with van der Waals surface area (Å²) in [6, 6.07) is 5.66. The molecule has 0 unspecified atom stereocenters. The standard InChI is InChI=1S/C8H7ClN2/c9-5-2-1-3-7-8(5)6(10)4-11-7/h1-4,11H,10H2. The van der Waals surface area contributed by atoms with Crippen molar-refractivity contribution >= 4 is 28.2 Å². The highest BCUT2D eigenvalue weighted by atomic mass is 35.5. The molecule has 0 fully saturated rings. The first-order valence-corrected chi connectivity index (χ1v) is 3.68. The Labute approximate surface area is 69.0 Å². The summed E-state index contributed by atoms with van der Waals surface area (Å²) < 4.78 is 0. The minimum atomic E-state index is 0.696. The van der Waals surface area contributed by atoms with E-state index in [1.165, 1.54) is 0 Å². The first-order valence-electron chi connectivity index (χ1n) is 3.30. The van der Waals surface area contributed by atoms with Gasteiger partial charge in [-0.25, -0.2) is 0 Å². The van der Waals surface area contributed by atoms with Gasteiger partial charge >= 0.3 is 0 Å². The second-order valence-corrected chi connectivity index (χ2v) is 2.81. The van der Waals surface area contributed by atoms with Gasteiger partial charge in [0.2, 0.25) is 0 Å². The predicted octanol–water partition coefficient (Wildman–Crippen LogP) is 2.40. The molecule has 1 heterocycles. The van der Waals surface area contributed by atoms with E-state index in [0.717, 1.165) is 10.9 Å². The number of aromatic amines is 1. The molecule has 0 saturated carbocycles. The highest BCUT2D eigenvalue weighted by Gasteiger charge is 2.02. The Morgan fingerprint density at radius 1 is 1.36 bits per heavy atom. The first kappa shape index (κ1) is 6.55. The van der Waals surface area contributed by atoms with Crippen LogP contribution in [-0.4, -0.2) is 4.98 Å². The summed E-state index contributed by atoms with van der Waals surface area (Å²) in [7, 11) is 0. The van der Waals surface area contributed by atoms with Crippen LogP contribution >= 0.6 is 11.6 Å². The number of aromatic nitrogens is 1. The maximum Gasteiger partial charge on any atom is 0.0586 e. The molecular formula is C8H7ClN2. The fourth-order valence-corrected chi connectivity index (χ4v) is 1.45. The normalized spacial score (nSPS) is 10.6. The molecule has 0 radical (unpaired) electrons. The third kappa shape index (κ3) is 0.870.